The molecule has 4 heteroatoms. The van der Waals surface area contributed by atoms with Crippen LogP contribution >= 0.6 is 23.4 Å². The van der Waals surface area contributed by atoms with Gasteiger partial charge in [-0.2, -0.15) is 0 Å². The van der Waals surface area contributed by atoms with Gasteiger partial charge in [0.15, 0.2) is 0 Å². The van der Waals surface area contributed by atoms with Crippen molar-refractivity contribution in [2.75, 3.05) is 6.61 Å². The predicted octanol–water partition coefficient (Wildman–Crippen LogP) is 7.26. The molecule has 2 atom stereocenters. The van der Waals surface area contributed by atoms with E-state index in [1.807, 2.05) is 31.7 Å². The Bertz CT molecular complexity index is 581. The number of esters is 1. The Kier molecular flexibility index (Phi) is 11.2. The summed E-state index contributed by atoms with van der Waals surface area (Å²) < 4.78 is 5.01. The van der Waals surface area contributed by atoms with Crippen LogP contribution in [-0.4, -0.2) is 22.7 Å². The number of thioether (sulfide) groups is 1. The number of hydrogen-bond donors (Lipinski definition) is 0. The van der Waals surface area contributed by atoms with Crippen LogP contribution in [0.25, 0.3) is 0 Å². The van der Waals surface area contributed by atoms with Crippen molar-refractivity contribution in [2.45, 2.75) is 81.7 Å². The normalized spacial score (nSPS) is 15.4. The summed E-state index contributed by atoms with van der Waals surface area (Å²) in [5.74, 6) is 0.445. The fourth-order valence-corrected chi connectivity index (χ4v) is 4.60. The smallest absolute Gasteiger partial charge is 0.330 e. The summed E-state index contributed by atoms with van der Waals surface area (Å²) in [5.41, 5.74) is 1.04. The number of ether oxygens (including phenoxy) is 1. The minimum atomic E-state index is -0.278. The summed E-state index contributed by atoms with van der Waals surface area (Å²) in [4.78, 5) is 12.6. The van der Waals surface area contributed by atoms with Gasteiger partial charge in [0, 0.05) is 16.2 Å². The fourth-order valence-electron chi connectivity index (χ4n) is 2.98. The highest BCUT2D eigenvalue weighted by atomic mass is 35.5. The molecule has 0 saturated heterocycles. The summed E-state index contributed by atoms with van der Waals surface area (Å²) in [6.07, 6.45) is 6.72. The van der Waals surface area contributed by atoms with Crippen molar-refractivity contribution < 1.29 is 9.53 Å². The lowest BCUT2D eigenvalue weighted by Crippen LogP contribution is -2.31. The van der Waals surface area contributed by atoms with Crippen LogP contribution in [0, 0.1) is 5.92 Å². The van der Waals surface area contributed by atoms with Gasteiger partial charge in [-0.25, -0.2) is 4.79 Å². The van der Waals surface area contributed by atoms with Crippen molar-refractivity contribution >= 4 is 29.3 Å². The number of hydrogen-bond acceptors (Lipinski definition) is 3. The van der Waals surface area contributed by atoms with E-state index < -0.39 is 0 Å². The molecular formula is C23H35ClO2S. The second-order valence-electron chi connectivity index (χ2n) is 7.77. The van der Waals surface area contributed by atoms with Crippen molar-refractivity contribution in [3.63, 3.8) is 0 Å². The summed E-state index contributed by atoms with van der Waals surface area (Å²) in [5, 5.41) is 0.277. The molecule has 0 bridgehead atoms. The summed E-state index contributed by atoms with van der Waals surface area (Å²) in [6, 6.07) is 10.4. The third-order valence-corrected chi connectivity index (χ3v) is 6.76. The first-order chi connectivity index (χ1) is 12.7. The van der Waals surface area contributed by atoms with Gasteiger partial charge >= 0.3 is 5.97 Å². The minimum Gasteiger partial charge on any atom is -0.463 e. The summed E-state index contributed by atoms with van der Waals surface area (Å²) >= 11 is 8.89. The van der Waals surface area contributed by atoms with E-state index in [-0.39, 0.29) is 16.1 Å². The molecule has 1 rings (SSSR count). The Labute approximate surface area is 175 Å². The largest absolute Gasteiger partial charge is 0.463 e. The average Bonchev–Trinajstić information content (AvgIpc) is 2.59. The van der Waals surface area contributed by atoms with Gasteiger partial charge in [0.05, 0.1) is 11.5 Å². The van der Waals surface area contributed by atoms with E-state index in [2.05, 4.69) is 45.0 Å². The van der Waals surface area contributed by atoms with Crippen LogP contribution in [0.5, 0.6) is 0 Å². The Morgan fingerprint density at radius 1 is 1.26 bits per heavy atom. The lowest BCUT2D eigenvalue weighted by molar-refractivity contribution is -0.137. The molecule has 0 saturated carbocycles. The SMILES string of the molecule is CCOC(=O)/C=C(\C)CCC(Sc1ccccc1)C(C)(Cl)CCCC(C)C. The van der Waals surface area contributed by atoms with Crippen LogP contribution in [0.15, 0.2) is 46.9 Å². The summed E-state index contributed by atoms with van der Waals surface area (Å²) in [6.45, 7) is 10.9. The van der Waals surface area contributed by atoms with Gasteiger partial charge < -0.3 is 4.74 Å². The molecule has 1 aromatic rings. The highest BCUT2D eigenvalue weighted by Gasteiger charge is 2.32. The van der Waals surface area contributed by atoms with Gasteiger partial charge in [-0.1, -0.05) is 50.5 Å². The maximum absolute atomic E-state index is 11.7. The molecule has 0 amide bonds. The topological polar surface area (TPSA) is 26.3 Å². The molecule has 0 aliphatic carbocycles. The molecule has 27 heavy (non-hydrogen) atoms. The Morgan fingerprint density at radius 3 is 2.52 bits per heavy atom. The van der Waals surface area contributed by atoms with Crippen LogP contribution < -0.4 is 0 Å². The van der Waals surface area contributed by atoms with Crippen LogP contribution in [0.3, 0.4) is 0 Å². The number of halogens is 1. The zero-order valence-corrected chi connectivity index (χ0v) is 19.0. The van der Waals surface area contributed by atoms with Crippen LogP contribution in [0.4, 0.5) is 0 Å². The van der Waals surface area contributed by atoms with E-state index in [4.69, 9.17) is 16.3 Å². The molecule has 152 valence electrons. The zero-order valence-electron chi connectivity index (χ0n) is 17.5. The number of benzene rings is 1. The molecule has 0 radical (unpaired) electrons. The maximum Gasteiger partial charge on any atom is 0.330 e. The Balaban J connectivity index is 2.79. The quantitative estimate of drug-likeness (QED) is 0.157. The number of carbonyl (C=O) groups excluding carboxylic acids is 1. The second kappa shape index (κ2) is 12.5. The number of allylic oxidation sites excluding steroid dienone is 1. The van der Waals surface area contributed by atoms with Gasteiger partial charge in [-0.05, 0) is 58.1 Å². The molecule has 0 aliphatic heterocycles. The zero-order chi connectivity index (χ0) is 20.3. The third-order valence-electron chi connectivity index (χ3n) is 4.59. The fraction of sp³-hybridized carbons (Fsp3) is 0.609. The molecule has 2 nitrogen and oxygen atoms in total. The second-order valence-corrected chi connectivity index (χ2v) is 9.90. The lowest BCUT2D eigenvalue weighted by atomic mass is 9.93. The predicted molar refractivity (Wildman–Crippen MR) is 119 cm³/mol. The Hall–Kier alpha value is -0.930. The summed E-state index contributed by atoms with van der Waals surface area (Å²) in [7, 11) is 0. The molecule has 1 aromatic carbocycles. The number of rotatable bonds is 12. The molecule has 0 aliphatic rings. The van der Waals surface area contributed by atoms with Gasteiger partial charge in [-0.15, -0.1) is 23.4 Å². The molecule has 2 unspecified atom stereocenters. The molecule has 0 spiro atoms. The van der Waals surface area contributed by atoms with Crippen LogP contribution in [0.2, 0.25) is 0 Å². The van der Waals surface area contributed by atoms with E-state index in [1.54, 1.807) is 6.08 Å². The molecule has 0 N–H and O–H groups in total. The van der Waals surface area contributed by atoms with Gasteiger partial charge in [0.2, 0.25) is 0 Å². The first kappa shape index (κ1) is 24.1. The Morgan fingerprint density at radius 2 is 1.93 bits per heavy atom. The first-order valence-corrected chi connectivity index (χ1v) is 11.2. The van der Waals surface area contributed by atoms with Crippen molar-refractivity contribution in [3.05, 3.63) is 42.0 Å². The van der Waals surface area contributed by atoms with E-state index in [0.29, 0.717) is 12.5 Å². The maximum atomic E-state index is 11.7. The highest BCUT2D eigenvalue weighted by Crippen LogP contribution is 2.41. The minimum absolute atomic E-state index is 0.257. The molecule has 0 fully saturated rings. The van der Waals surface area contributed by atoms with E-state index in [9.17, 15) is 4.79 Å². The van der Waals surface area contributed by atoms with Gasteiger partial charge in [0.25, 0.3) is 0 Å². The molecule has 0 heterocycles. The van der Waals surface area contributed by atoms with Gasteiger partial charge in [-0.3, -0.25) is 0 Å². The van der Waals surface area contributed by atoms with Crippen molar-refractivity contribution in [3.8, 4) is 0 Å². The number of carbonyl (C=O) groups is 1. The monoisotopic (exact) mass is 410 g/mol. The van der Waals surface area contributed by atoms with Crippen molar-refractivity contribution in [1.82, 2.24) is 0 Å². The standard InChI is InChI=1S/C23H35ClO2S/c1-6-26-22(25)17-19(4)14-15-21(27-20-12-8-7-9-13-20)23(5,24)16-10-11-18(2)3/h7-9,12-13,17-18,21H,6,10-11,14-16H2,1-5H3/b19-17+. The highest BCUT2D eigenvalue weighted by molar-refractivity contribution is 8.00. The van der Waals surface area contributed by atoms with E-state index in [0.717, 1.165) is 31.3 Å². The van der Waals surface area contributed by atoms with Crippen LogP contribution in [0.1, 0.15) is 66.7 Å². The van der Waals surface area contributed by atoms with Crippen LogP contribution in [-0.2, 0) is 9.53 Å². The average molecular weight is 411 g/mol. The third kappa shape index (κ3) is 10.3. The van der Waals surface area contributed by atoms with Crippen molar-refractivity contribution in [1.29, 1.82) is 0 Å². The van der Waals surface area contributed by atoms with Crippen molar-refractivity contribution in [2.24, 2.45) is 5.92 Å². The first-order valence-electron chi connectivity index (χ1n) is 9.99. The van der Waals surface area contributed by atoms with E-state index in [1.165, 1.54) is 11.3 Å². The molecular weight excluding hydrogens is 376 g/mol. The van der Waals surface area contributed by atoms with E-state index >= 15 is 0 Å². The lowest BCUT2D eigenvalue weighted by Gasteiger charge is -2.32. The molecule has 0 aromatic heterocycles. The van der Waals surface area contributed by atoms with Gasteiger partial charge in [0.1, 0.15) is 0 Å². The number of alkyl halides is 1.